The highest BCUT2D eigenvalue weighted by molar-refractivity contribution is 6.31. The van der Waals surface area contributed by atoms with E-state index in [0.717, 1.165) is 6.20 Å². The van der Waals surface area contributed by atoms with Gasteiger partial charge in [-0.05, 0) is 18.2 Å². The second-order valence-electron chi connectivity index (χ2n) is 6.03. The Morgan fingerprint density at radius 2 is 2.03 bits per heavy atom. The van der Waals surface area contributed by atoms with Gasteiger partial charge in [0.05, 0.1) is 17.6 Å². The van der Waals surface area contributed by atoms with Gasteiger partial charge in [-0.3, -0.25) is 24.4 Å². The van der Waals surface area contributed by atoms with Crippen molar-refractivity contribution in [1.29, 1.82) is 0 Å². The lowest BCUT2D eigenvalue weighted by Crippen LogP contribution is -2.35. The summed E-state index contributed by atoms with van der Waals surface area (Å²) in [6, 6.07) is 4.65. The van der Waals surface area contributed by atoms with Gasteiger partial charge in [-0.1, -0.05) is 16.8 Å². The van der Waals surface area contributed by atoms with Gasteiger partial charge in [0.1, 0.15) is 24.7 Å². The lowest BCUT2D eigenvalue weighted by molar-refractivity contribution is -0.385. The van der Waals surface area contributed by atoms with E-state index in [1.807, 2.05) is 0 Å². The van der Waals surface area contributed by atoms with Crippen LogP contribution in [0.2, 0.25) is 5.02 Å². The molecule has 14 heteroatoms. The first-order chi connectivity index (χ1) is 14.9. The minimum atomic E-state index is -0.639. The molecule has 2 heterocycles. The number of methoxy groups -OCH3 is 1. The number of hydrogen-bond donors (Lipinski definition) is 2. The minimum absolute atomic E-state index is 0.0118. The molecule has 3 rings (SSSR count). The Labute approximate surface area is 179 Å². The van der Waals surface area contributed by atoms with Crippen LogP contribution in [0.3, 0.4) is 0 Å². The molecule has 13 nitrogen and oxygen atoms in total. The van der Waals surface area contributed by atoms with Gasteiger partial charge in [-0.25, -0.2) is 0 Å². The number of carbonyl (C=O) groups excluding carboxylic acids is 2. The fraction of sp³-hybridized carbons (Fsp3) is 0.235. The van der Waals surface area contributed by atoms with E-state index in [1.165, 1.54) is 24.1 Å². The van der Waals surface area contributed by atoms with Crippen LogP contribution >= 0.6 is 11.6 Å². The summed E-state index contributed by atoms with van der Waals surface area (Å²) in [5, 5.41) is 23.6. The zero-order valence-corrected chi connectivity index (χ0v) is 16.8. The number of hydrogen-bond acceptors (Lipinski definition) is 9. The van der Waals surface area contributed by atoms with Crippen molar-refractivity contribution in [3.8, 4) is 5.75 Å². The summed E-state index contributed by atoms with van der Waals surface area (Å²) in [5.74, 6) is -0.863. The highest BCUT2D eigenvalue weighted by Crippen LogP contribution is 2.22. The molecule has 0 aliphatic rings. The lowest BCUT2D eigenvalue weighted by Gasteiger charge is -2.09. The van der Waals surface area contributed by atoms with Crippen LogP contribution in [0.1, 0.15) is 26.9 Å². The molecule has 0 fully saturated rings. The average molecular weight is 450 g/mol. The zero-order chi connectivity index (χ0) is 22.4. The summed E-state index contributed by atoms with van der Waals surface area (Å²) in [7, 11) is 1.44. The van der Waals surface area contributed by atoms with Crippen LogP contribution in [0.25, 0.3) is 0 Å². The molecule has 1 aromatic carbocycles. The average Bonchev–Trinajstić information content (AvgIpc) is 3.41. The van der Waals surface area contributed by atoms with E-state index in [2.05, 4.69) is 25.9 Å². The molecule has 0 atom stereocenters. The van der Waals surface area contributed by atoms with Gasteiger partial charge in [0, 0.05) is 18.1 Å². The molecule has 162 valence electrons. The van der Waals surface area contributed by atoms with Crippen molar-refractivity contribution in [2.45, 2.75) is 6.54 Å². The van der Waals surface area contributed by atoms with E-state index >= 15 is 0 Å². The second-order valence-corrected chi connectivity index (χ2v) is 6.46. The first-order valence-corrected chi connectivity index (χ1v) is 9.14. The molecule has 0 aliphatic heterocycles. The van der Waals surface area contributed by atoms with Crippen LogP contribution in [0.4, 0.5) is 5.69 Å². The maximum atomic E-state index is 12.3. The van der Waals surface area contributed by atoms with Crippen molar-refractivity contribution < 1.29 is 23.8 Å². The fourth-order valence-corrected chi connectivity index (χ4v) is 2.64. The standard InChI is InChI=1S/C17H16ClN7O6/c1-30-13-3-2-10(18)6-12(13)15(26)19-4-5-20-16(27)17-22-14(23-31-17)9-24-8-11(7-21-24)25(28)29/h2-3,6-8H,4-5,9H2,1H3,(H,19,26)(H,20,27). The molecule has 2 N–H and O–H groups in total. The number of nitrogens with zero attached hydrogens (tertiary/aromatic N) is 5. The second kappa shape index (κ2) is 9.67. The van der Waals surface area contributed by atoms with Crippen LogP contribution in [0, 0.1) is 10.1 Å². The maximum Gasteiger partial charge on any atom is 0.316 e. The fourth-order valence-electron chi connectivity index (χ4n) is 2.47. The van der Waals surface area contributed by atoms with Gasteiger partial charge in [0.2, 0.25) is 0 Å². The number of nitro groups is 1. The van der Waals surface area contributed by atoms with Crippen molar-refractivity contribution >= 4 is 29.1 Å². The smallest absolute Gasteiger partial charge is 0.316 e. The van der Waals surface area contributed by atoms with Gasteiger partial charge in [-0.15, -0.1) is 0 Å². The van der Waals surface area contributed by atoms with Crippen LogP contribution < -0.4 is 15.4 Å². The van der Waals surface area contributed by atoms with E-state index in [4.69, 9.17) is 20.9 Å². The molecule has 3 aromatic rings. The number of halogens is 1. The molecular weight excluding hydrogens is 434 g/mol. The summed E-state index contributed by atoms with van der Waals surface area (Å²) in [4.78, 5) is 38.3. The molecule has 31 heavy (non-hydrogen) atoms. The maximum absolute atomic E-state index is 12.3. The van der Waals surface area contributed by atoms with E-state index in [0.29, 0.717) is 10.8 Å². The summed E-state index contributed by atoms with van der Waals surface area (Å²) in [5.41, 5.74) is 0.0839. The Hall–Kier alpha value is -4.00. The van der Waals surface area contributed by atoms with Gasteiger partial charge in [-0.2, -0.15) is 10.1 Å². The lowest BCUT2D eigenvalue weighted by atomic mass is 10.2. The van der Waals surface area contributed by atoms with Crippen LogP contribution in [-0.4, -0.2) is 56.9 Å². The number of carbonyl (C=O) groups is 2. The molecule has 2 aromatic heterocycles. The van der Waals surface area contributed by atoms with E-state index in [-0.39, 0.29) is 42.6 Å². The molecule has 0 aliphatic carbocycles. The third-order valence-electron chi connectivity index (χ3n) is 3.90. The number of nitrogens with one attached hydrogen (secondary N) is 2. The molecule has 0 saturated carbocycles. The van der Waals surface area contributed by atoms with Crippen LogP contribution in [0.15, 0.2) is 35.1 Å². The molecule has 2 amide bonds. The Bertz CT molecular complexity index is 1110. The van der Waals surface area contributed by atoms with Crippen molar-refractivity contribution in [1.82, 2.24) is 30.6 Å². The SMILES string of the molecule is COc1ccc(Cl)cc1C(=O)NCCNC(=O)c1nc(Cn2cc([N+](=O)[O-])cn2)no1. The molecular formula is C17H16ClN7O6. The van der Waals surface area contributed by atoms with Gasteiger partial charge in [0.25, 0.3) is 5.91 Å². The number of amides is 2. The molecule has 0 radical (unpaired) electrons. The molecule has 0 spiro atoms. The number of ether oxygens (including phenoxy) is 1. The third-order valence-corrected chi connectivity index (χ3v) is 4.13. The largest absolute Gasteiger partial charge is 0.496 e. The number of rotatable bonds is 9. The van der Waals surface area contributed by atoms with Crippen LogP contribution in [0.5, 0.6) is 5.75 Å². The predicted molar refractivity (Wildman–Crippen MR) is 105 cm³/mol. The first-order valence-electron chi connectivity index (χ1n) is 8.76. The topological polar surface area (TPSA) is 167 Å². The first kappa shape index (κ1) is 21.7. The van der Waals surface area contributed by atoms with Gasteiger partial charge >= 0.3 is 17.5 Å². The van der Waals surface area contributed by atoms with E-state index in [9.17, 15) is 19.7 Å². The Morgan fingerprint density at radius 1 is 1.29 bits per heavy atom. The van der Waals surface area contributed by atoms with E-state index < -0.39 is 16.7 Å². The quantitative estimate of drug-likeness (QED) is 0.275. The molecule has 0 bridgehead atoms. The number of aromatic nitrogens is 4. The van der Waals surface area contributed by atoms with Crippen LogP contribution in [-0.2, 0) is 6.54 Å². The summed E-state index contributed by atoms with van der Waals surface area (Å²) in [6.07, 6.45) is 2.29. The monoisotopic (exact) mass is 449 g/mol. The number of benzene rings is 1. The normalized spacial score (nSPS) is 10.5. The summed E-state index contributed by atoms with van der Waals surface area (Å²) in [6.45, 7) is 0.205. The summed E-state index contributed by atoms with van der Waals surface area (Å²) < 4.78 is 11.2. The highest BCUT2D eigenvalue weighted by Gasteiger charge is 2.17. The van der Waals surface area contributed by atoms with Gasteiger partial charge < -0.3 is 19.9 Å². The molecule has 0 saturated heterocycles. The highest BCUT2D eigenvalue weighted by atomic mass is 35.5. The van der Waals surface area contributed by atoms with Crippen molar-refractivity contribution in [2.75, 3.05) is 20.2 Å². The minimum Gasteiger partial charge on any atom is -0.496 e. The van der Waals surface area contributed by atoms with Crippen molar-refractivity contribution in [3.63, 3.8) is 0 Å². The predicted octanol–water partition coefficient (Wildman–Crippen LogP) is 1.04. The Kier molecular flexibility index (Phi) is 6.77. The molecule has 0 unspecified atom stereocenters. The van der Waals surface area contributed by atoms with E-state index in [1.54, 1.807) is 12.1 Å². The van der Waals surface area contributed by atoms with Gasteiger partial charge in [0.15, 0.2) is 5.82 Å². The van der Waals surface area contributed by atoms with Crippen molar-refractivity contribution in [2.24, 2.45) is 0 Å². The zero-order valence-electron chi connectivity index (χ0n) is 16.1. The Morgan fingerprint density at radius 3 is 2.71 bits per heavy atom. The summed E-state index contributed by atoms with van der Waals surface area (Å²) >= 11 is 5.91. The third kappa shape index (κ3) is 5.54. The Balaban J connectivity index is 1.47. The van der Waals surface area contributed by atoms with Crippen molar-refractivity contribution in [3.05, 3.63) is 63.0 Å².